The van der Waals surface area contributed by atoms with Crippen molar-refractivity contribution in [3.8, 4) is 5.88 Å². The van der Waals surface area contributed by atoms with Gasteiger partial charge in [0.15, 0.2) is 0 Å². The third-order valence-electron chi connectivity index (χ3n) is 2.33. The molecule has 2 aromatic heterocycles. The lowest BCUT2D eigenvalue weighted by molar-refractivity contribution is 0.212. The molecule has 0 saturated carbocycles. The first-order chi connectivity index (χ1) is 8.22. The summed E-state index contributed by atoms with van der Waals surface area (Å²) in [6.07, 6.45) is 3.03. The lowest BCUT2D eigenvalue weighted by Gasteiger charge is -2.13. The fraction of sp³-hybridized carbons (Fsp3) is 0.167. The summed E-state index contributed by atoms with van der Waals surface area (Å²) in [6, 6.07) is 4.57. The molecule has 0 bridgehead atoms. The van der Waals surface area contributed by atoms with E-state index in [9.17, 15) is 9.50 Å². The Morgan fingerprint density at radius 1 is 1.41 bits per heavy atom. The molecular weight excluding hydrogens is 223 g/mol. The predicted molar refractivity (Wildman–Crippen MR) is 59.0 cm³/mol. The molecule has 0 aliphatic carbocycles. The molecule has 0 aliphatic heterocycles. The standard InChI is InChI=1S/C12H11FN2O2/c1-17-12-10(3-2-4-15-12)11(16)8-5-9(13)7-14-6-8/h2-7,11,16H,1H3. The highest BCUT2D eigenvalue weighted by Crippen LogP contribution is 2.27. The first-order valence-corrected chi connectivity index (χ1v) is 5.00. The predicted octanol–water partition coefficient (Wildman–Crippen LogP) is 1.71. The van der Waals surface area contributed by atoms with Crippen LogP contribution in [0.3, 0.4) is 0 Å². The van der Waals surface area contributed by atoms with Crippen molar-refractivity contribution in [3.63, 3.8) is 0 Å². The molecular formula is C12H11FN2O2. The maximum Gasteiger partial charge on any atom is 0.219 e. The highest BCUT2D eigenvalue weighted by Gasteiger charge is 2.16. The fourth-order valence-electron chi connectivity index (χ4n) is 1.54. The van der Waals surface area contributed by atoms with Gasteiger partial charge in [-0.25, -0.2) is 9.37 Å². The average molecular weight is 234 g/mol. The number of hydrogen-bond acceptors (Lipinski definition) is 4. The number of ether oxygens (including phenoxy) is 1. The Balaban J connectivity index is 2.40. The van der Waals surface area contributed by atoms with E-state index in [0.29, 0.717) is 17.0 Å². The van der Waals surface area contributed by atoms with Crippen molar-refractivity contribution in [1.82, 2.24) is 9.97 Å². The molecule has 2 rings (SSSR count). The molecule has 0 spiro atoms. The Labute approximate surface area is 97.7 Å². The van der Waals surface area contributed by atoms with Crippen molar-refractivity contribution in [2.75, 3.05) is 7.11 Å². The Morgan fingerprint density at radius 2 is 2.24 bits per heavy atom. The Morgan fingerprint density at radius 3 is 2.94 bits per heavy atom. The van der Waals surface area contributed by atoms with Crippen LogP contribution in [0.25, 0.3) is 0 Å². The van der Waals surface area contributed by atoms with Gasteiger partial charge in [-0.1, -0.05) is 0 Å². The molecule has 0 saturated heterocycles. The van der Waals surface area contributed by atoms with Crippen molar-refractivity contribution in [3.05, 3.63) is 53.7 Å². The largest absolute Gasteiger partial charge is 0.481 e. The number of halogens is 1. The van der Waals surface area contributed by atoms with Crippen LogP contribution < -0.4 is 4.74 Å². The minimum Gasteiger partial charge on any atom is -0.481 e. The summed E-state index contributed by atoms with van der Waals surface area (Å²) >= 11 is 0. The van der Waals surface area contributed by atoms with Crippen molar-refractivity contribution in [2.24, 2.45) is 0 Å². The number of rotatable bonds is 3. The van der Waals surface area contributed by atoms with Gasteiger partial charge >= 0.3 is 0 Å². The first kappa shape index (κ1) is 11.5. The third-order valence-corrected chi connectivity index (χ3v) is 2.33. The van der Waals surface area contributed by atoms with Crippen LogP contribution >= 0.6 is 0 Å². The van der Waals surface area contributed by atoms with Crippen molar-refractivity contribution in [1.29, 1.82) is 0 Å². The molecule has 5 heteroatoms. The zero-order chi connectivity index (χ0) is 12.3. The maximum absolute atomic E-state index is 13.0. The van der Waals surface area contributed by atoms with Gasteiger partial charge < -0.3 is 9.84 Å². The van der Waals surface area contributed by atoms with Gasteiger partial charge in [0.05, 0.1) is 13.3 Å². The van der Waals surface area contributed by atoms with E-state index in [2.05, 4.69) is 9.97 Å². The zero-order valence-electron chi connectivity index (χ0n) is 9.17. The molecule has 1 atom stereocenters. The summed E-state index contributed by atoms with van der Waals surface area (Å²) in [5.41, 5.74) is 0.832. The zero-order valence-corrected chi connectivity index (χ0v) is 9.17. The van der Waals surface area contributed by atoms with Gasteiger partial charge in [0.1, 0.15) is 11.9 Å². The third kappa shape index (κ3) is 2.39. The lowest BCUT2D eigenvalue weighted by atomic mass is 10.0. The number of aliphatic hydroxyl groups excluding tert-OH is 1. The van der Waals surface area contributed by atoms with Gasteiger partial charge in [0, 0.05) is 23.5 Å². The second-order valence-electron chi connectivity index (χ2n) is 3.44. The quantitative estimate of drug-likeness (QED) is 0.878. The van der Waals surface area contributed by atoms with Gasteiger partial charge in [-0.15, -0.1) is 0 Å². The second kappa shape index (κ2) is 4.88. The van der Waals surface area contributed by atoms with E-state index in [1.807, 2.05) is 0 Å². The summed E-state index contributed by atoms with van der Waals surface area (Å²) in [7, 11) is 1.46. The maximum atomic E-state index is 13.0. The van der Waals surface area contributed by atoms with Gasteiger partial charge in [0.2, 0.25) is 5.88 Å². The van der Waals surface area contributed by atoms with Gasteiger partial charge in [-0.05, 0) is 18.2 Å². The minimum atomic E-state index is -1.01. The van der Waals surface area contributed by atoms with Crippen molar-refractivity contribution in [2.45, 2.75) is 6.10 Å². The SMILES string of the molecule is COc1ncccc1C(O)c1cncc(F)c1. The molecule has 2 aromatic rings. The Kier molecular flexibility index (Phi) is 3.30. The summed E-state index contributed by atoms with van der Waals surface area (Å²) in [5, 5.41) is 10.1. The van der Waals surface area contributed by atoms with Crippen LogP contribution in [0.5, 0.6) is 5.88 Å². The molecule has 2 heterocycles. The number of methoxy groups -OCH3 is 1. The van der Waals surface area contributed by atoms with E-state index in [4.69, 9.17) is 4.74 Å². The van der Waals surface area contributed by atoms with Crippen molar-refractivity contribution >= 4 is 0 Å². The first-order valence-electron chi connectivity index (χ1n) is 5.00. The average Bonchev–Trinajstić information content (AvgIpc) is 2.38. The van der Waals surface area contributed by atoms with Crippen LogP contribution in [0, 0.1) is 5.82 Å². The second-order valence-corrected chi connectivity index (χ2v) is 3.44. The summed E-state index contributed by atoms with van der Waals surface area (Å²) in [5.74, 6) is -0.186. The molecule has 0 amide bonds. The summed E-state index contributed by atoms with van der Waals surface area (Å²) in [6.45, 7) is 0. The number of pyridine rings is 2. The minimum absolute atomic E-state index is 0.310. The monoisotopic (exact) mass is 234 g/mol. The molecule has 4 nitrogen and oxygen atoms in total. The number of hydrogen-bond donors (Lipinski definition) is 1. The smallest absolute Gasteiger partial charge is 0.219 e. The summed E-state index contributed by atoms with van der Waals surface area (Å²) < 4.78 is 18.0. The highest BCUT2D eigenvalue weighted by molar-refractivity contribution is 5.34. The van der Waals surface area contributed by atoms with Gasteiger partial charge in [-0.2, -0.15) is 0 Å². The highest BCUT2D eigenvalue weighted by atomic mass is 19.1. The molecule has 0 radical (unpaired) electrons. The van der Waals surface area contributed by atoms with E-state index in [1.54, 1.807) is 18.3 Å². The van der Waals surface area contributed by atoms with E-state index in [0.717, 1.165) is 6.20 Å². The fourth-order valence-corrected chi connectivity index (χ4v) is 1.54. The topological polar surface area (TPSA) is 55.2 Å². The van der Waals surface area contributed by atoms with Crippen LogP contribution in [0.15, 0.2) is 36.8 Å². The molecule has 0 fully saturated rings. The lowest BCUT2D eigenvalue weighted by Crippen LogP contribution is -2.04. The molecule has 1 N–H and O–H groups in total. The molecule has 88 valence electrons. The molecule has 1 unspecified atom stereocenters. The van der Waals surface area contributed by atoms with E-state index in [-0.39, 0.29) is 0 Å². The Hall–Kier alpha value is -2.01. The number of aromatic nitrogens is 2. The number of nitrogens with zero attached hydrogens (tertiary/aromatic N) is 2. The molecule has 17 heavy (non-hydrogen) atoms. The summed E-state index contributed by atoms with van der Waals surface area (Å²) in [4.78, 5) is 7.66. The van der Waals surface area contributed by atoms with Gasteiger partial charge in [-0.3, -0.25) is 4.98 Å². The Bertz CT molecular complexity index is 519. The van der Waals surface area contributed by atoms with Crippen molar-refractivity contribution < 1.29 is 14.2 Å². The van der Waals surface area contributed by atoms with Crippen LogP contribution in [0.2, 0.25) is 0 Å². The van der Waals surface area contributed by atoms with Gasteiger partial charge in [0.25, 0.3) is 0 Å². The normalized spacial score (nSPS) is 12.2. The van der Waals surface area contributed by atoms with Crippen LogP contribution in [0.4, 0.5) is 4.39 Å². The number of aliphatic hydroxyl groups is 1. The van der Waals surface area contributed by atoms with E-state index >= 15 is 0 Å². The van der Waals surface area contributed by atoms with Crippen LogP contribution in [-0.2, 0) is 0 Å². The van der Waals surface area contributed by atoms with Crippen LogP contribution in [0.1, 0.15) is 17.2 Å². The van der Waals surface area contributed by atoms with E-state index < -0.39 is 11.9 Å². The van der Waals surface area contributed by atoms with E-state index in [1.165, 1.54) is 19.4 Å². The molecule has 0 aromatic carbocycles. The van der Waals surface area contributed by atoms with Crippen LogP contribution in [-0.4, -0.2) is 22.2 Å². The molecule has 0 aliphatic rings.